The lowest BCUT2D eigenvalue weighted by molar-refractivity contribution is 0.179. The van der Waals surface area contributed by atoms with Crippen LogP contribution in [0.4, 0.5) is 4.39 Å². The molecular formula is C12H17FO. The van der Waals surface area contributed by atoms with Crippen LogP contribution >= 0.6 is 0 Å². The minimum atomic E-state index is -0.252. The van der Waals surface area contributed by atoms with Gasteiger partial charge in [0.15, 0.2) is 0 Å². The predicted molar refractivity (Wildman–Crippen MR) is 55.7 cm³/mol. The zero-order valence-corrected chi connectivity index (χ0v) is 8.70. The lowest BCUT2D eigenvalue weighted by Crippen LogP contribution is -2.02. The van der Waals surface area contributed by atoms with Gasteiger partial charge in [-0.1, -0.05) is 19.1 Å². The Labute approximate surface area is 84.6 Å². The first-order valence-corrected chi connectivity index (χ1v) is 5.03. The molecule has 0 fully saturated rings. The number of hydrogen-bond donors (Lipinski definition) is 1. The first-order chi connectivity index (χ1) is 6.59. The molecule has 0 saturated carbocycles. The van der Waals surface area contributed by atoms with E-state index < -0.39 is 0 Å². The van der Waals surface area contributed by atoms with E-state index in [1.165, 1.54) is 12.1 Å². The number of benzene rings is 1. The molecule has 1 nitrogen and oxygen atoms in total. The van der Waals surface area contributed by atoms with Gasteiger partial charge < -0.3 is 5.11 Å². The van der Waals surface area contributed by atoms with Crippen molar-refractivity contribution in [2.75, 3.05) is 0 Å². The van der Waals surface area contributed by atoms with E-state index in [0.29, 0.717) is 5.92 Å². The fourth-order valence-electron chi connectivity index (χ4n) is 1.45. The van der Waals surface area contributed by atoms with Crippen LogP contribution in [0.5, 0.6) is 0 Å². The number of rotatable bonds is 4. The Kier molecular flexibility index (Phi) is 4.08. The first kappa shape index (κ1) is 11.2. The molecule has 0 aliphatic heterocycles. The largest absolute Gasteiger partial charge is 0.393 e. The van der Waals surface area contributed by atoms with Crippen molar-refractivity contribution in [3.8, 4) is 0 Å². The molecule has 0 radical (unpaired) electrons. The van der Waals surface area contributed by atoms with E-state index >= 15 is 0 Å². The summed E-state index contributed by atoms with van der Waals surface area (Å²) >= 11 is 0. The molecule has 0 aliphatic rings. The Balaban J connectivity index is 2.52. The van der Waals surface area contributed by atoms with Crippen LogP contribution in [-0.2, 0) is 0 Å². The van der Waals surface area contributed by atoms with Crippen molar-refractivity contribution in [3.63, 3.8) is 0 Å². The van der Waals surface area contributed by atoms with Gasteiger partial charge in [-0.2, -0.15) is 0 Å². The maximum absolute atomic E-state index is 12.6. The third kappa shape index (κ3) is 3.46. The summed E-state index contributed by atoms with van der Waals surface area (Å²) in [6, 6.07) is 6.58. The fraction of sp³-hybridized carbons (Fsp3) is 0.500. The van der Waals surface area contributed by atoms with Gasteiger partial charge in [0.1, 0.15) is 5.82 Å². The van der Waals surface area contributed by atoms with Crippen LogP contribution in [0.15, 0.2) is 24.3 Å². The summed E-state index contributed by atoms with van der Waals surface area (Å²) in [4.78, 5) is 0. The van der Waals surface area contributed by atoms with E-state index in [-0.39, 0.29) is 11.9 Å². The molecule has 1 rings (SSSR count). The second-order valence-electron chi connectivity index (χ2n) is 3.88. The van der Waals surface area contributed by atoms with E-state index in [2.05, 4.69) is 6.92 Å². The maximum atomic E-state index is 12.6. The van der Waals surface area contributed by atoms with Gasteiger partial charge in [0.2, 0.25) is 0 Å². The third-order valence-electron chi connectivity index (χ3n) is 2.46. The van der Waals surface area contributed by atoms with Crippen LogP contribution in [0.3, 0.4) is 0 Å². The summed E-state index contributed by atoms with van der Waals surface area (Å²) in [5, 5.41) is 9.13. The first-order valence-electron chi connectivity index (χ1n) is 5.03. The van der Waals surface area contributed by atoms with Gasteiger partial charge in [-0.15, -0.1) is 0 Å². The molecule has 0 amide bonds. The summed E-state index contributed by atoms with van der Waals surface area (Å²) in [6.07, 6.45) is 1.47. The van der Waals surface area contributed by atoms with Crippen LogP contribution in [0.25, 0.3) is 0 Å². The SMILES string of the molecule is CC(CC[C@H](C)O)c1ccc(F)cc1. The van der Waals surface area contributed by atoms with Gasteiger partial charge >= 0.3 is 0 Å². The zero-order valence-electron chi connectivity index (χ0n) is 8.70. The molecule has 0 bridgehead atoms. The van der Waals surface area contributed by atoms with Crippen molar-refractivity contribution in [1.82, 2.24) is 0 Å². The van der Waals surface area contributed by atoms with Gasteiger partial charge in [0.05, 0.1) is 6.10 Å². The normalized spacial score (nSPS) is 15.1. The highest BCUT2D eigenvalue weighted by molar-refractivity contribution is 5.19. The lowest BCUT2D eigenvalue weighted by atomic mass is 9.95. The molecule has 0 aromatic heterocycles. The lowest BCUT2D eigenvalue weighted by Gasteiger charge is -2.12. The topological polar surface area (TPSA) is 20.2 Å². The Bertz CT molecular complexity index is 266. The zero-order chi connectivity index (χ0) is 10.6. The van der Waals surface area contributed by atoms with Crippen LogP contribution < -0.4 is 0 Å². The van der Waals surface area contributed by atoms with Crippen molar-refractivity contribution >= 4 is 0 Å². The van der Waals surface area contributed by atoms with Crippen LogP contribution in [0.1, 0.15) is 38.2 Å². The second kappa shape index (κ2) is 5.11. The Morgan fingerprint density at radius 1 is 1.14 bits per heavy atom. The number of aliphatic hydroxyl groups is 1. The number of halogens is 1. The minimum Gasteiger partial charge on any atom is -0.393 e. The fourth-order valence-corrected chi connectivity index (χ4v) is 1.45. The van der Waals surface area contributed by atoms with Gasteiger partial charge in [-0.05, 0) is 43.4 Å². The van der Waals surface area contributed by atoms with E-state index in [1.54, 1.807) is 6.92 Å². The van der Waals surface area contributed by atoms with Crippen molar-refractivity contribution < 1.29 is 9.50 Å². The number of hydrogen-bond acceptors (Lipinski definition) is 1. The molecular weight excluding hydrogens is 179 g/mol. The molecule has 14 heavy (non-hydrogen) atoms. The van der Waals surface area contributed by atoms with E-state index in [0.717, 1.165) is 18.4 Å². The predicted octanol–water partition coefficient (Wildman–Crippen LogP) is 3.09. The summed E-state index contributed by atoms with van der Waals surface area (Å²) in [7, 11) is 0. The van der Waals surface area contributed by atoms with Gasteiger partial charge in [-0.25, -0.2) is 4.39 Å². The molecule has 1 N–H and O–H groups in total. The van der Waals surface area contributed by atoms with Crippen molar-refractivity contribution in [1.29, 1.82) is 0 Å². The highest BCUT2D eigenvalue weighted by Crippen LogP contribution is 2.21. The van der Waals surface area contributed by atoms with Gasteiger partial charge in [0.25, 0.3) is 0 Å². The van der Waals surface area contributed by atoms with Gasteiger partial charge in [0, 0.05) is 0 Å². The molecule has 2 heteroatoms. The Hall–Kier alpha value is -0.890. The van der Waals surface area contributed by atoms with Crippen molar-refractivity contribution in [3.05, 3.63) is 35.6 Å². The van der Waals surface area contributed by atoms with E-state index in [4.69, 9.17) is 5.11 Å². The summed E-state index contributed by atoms with van der Waals surface area (Å²) < 4.78 is 12.6. The monoisotopic (exact) mass is 196 g/mol. The Morgan fingerprint density at radius 2 is 1.71 bits per heavy atom. The molecule has 0 spiro atoms. The molecule has 0 aliphatic carbocycles. The van der Waals surface area contributed by atoms with Crippen molar-refractivity contribution in [2.24, 2.45) is 0 Å². The van der Waals surface area contributed by atoms with Gasteiger partial charge in [-0.3, -0.25) is 0 Å². The molecule has 1 aromatic carbocycles. The summed E-state index contributed by atoms with van der Waals surface area (Å²) in [6.45, 7) is 3.88. The van der Waals surface area contributed by atoms with Crippen molar-refractivity contribution in [2.45, 2.75) is 38.7 Å². The smallest absolute Gasteiger partial charge is 0.123 e. The molecule has 0 heterocycles. The highest BCUT2D eigenvalue weighted by atomic mass is 19.1. The Morgan fingerprint density at radius 3 is 2.21 bits per heavy atom. The van der Waals surface area contributed by atoms with Crippen LogP contribution in [-0.4, -0.2) is 11.2 Å². The third-order valence-corrected chi connectivity index (χ3v) is 2.46. The van der Waals surface area contributed by atoms with Crippen LogP contribution in [0, 0.1) is 5.82 Å². The van der Waals surface area contributed by atoms with Crippen LogP contribution in [0.2, 0.25) is 0 Å². The average Bonchev–Trinajstić information content (AvgIpc) is 2.15. The number of aliphatic hydroxyl groups excluding tert-OH is 1. The minimum absolute atomic E-state index is 0.198. The van der Waals surface area contributed by atoms with E-state index in [9.17, 15) is 4.39 Å². The summed E-state index contributed by atoms with van der Waals surface area (Å²) in [5.41, 5.74) is 1.13. The molecule has 78 valence electrons. The van der Waals surface area contributed by atoms with E-state index in [1.807, 2.05) is 12.1 Å². The highest BCUT2D eigenvalue weighted by Gasteiger charge is 2.06. The maximum Gasteiger partial charge on any atom is 0.123 e. The summed E-state index contributed by atoms with van der Waals surface area (Å²) in [5.74, 6) is 0.182. The molecule has 1 unspecified atom stereocenters. The quantitative estimate of drug-likeness (QED) is 0.784. The molecule has 1 aromatic rings. The average molecular weight is 196 g/mol. The standard InChI is InChI=1S/C12H17FO/c1-9(3-4-10(2)14)11-5-7-12(13)8-6-11/h5-10,14H,3-4H2,1-2H3/t9?,10-/m0/s1. The molecule has 2 atom stereocenters. The molecule has 0 saturated heterocycles. The second-order valence-corrected chi connectivity index (χ2v) is 3.88.